The number of piperazine rings is 1. The van der Waals surface area contributed by atoms with E-state index < -0.39 is 0 Å². The molecule has 0 unspecified atom stereocenters. The molecule has 2 aliphatic rings. The van der Waals surface area contributed by atoms with Crippen molar-refractivity contribution < 1.29 is 4.74 Å². The van der Waals surface area contributed by atoms with E-state index in [0.717, 1.165) is 62.2 Å². The van der Waals surface area contributed by atoms with Crippen LogP contribution in [0.4, 0.5) is 11.5 Å². The summed E-state index contributed by atoms with van der Waals surface area (Å²) in [5.41, 5.74) is 3.16. The molecule has 126 valence electrons. The smallest absolute Gasteiger partial charge is 0.155 e. The summed E-state index contributed by atoms with van der Waals surface area (Å²) in [5, 5.41) is 3.15. The lowest BCUT2D eigenvalue weighted by molar-refractivity contribution is -0.0660. The maximum atomic E-state index is 5.31. The van der Waals surface area contributed by atoms with Crippen molar-refractivity contribution >= 4 is 11.5 Å². The third-order valence-corrected chi connectivity index (χ3v) is 4.88. The van der Waals surface area contributed by atoms with Crippen LogP contribution in [0.2, 0.25) is 0 Å². The van der Waals surface area contributed by atoms with Crippen molar-refractivity contribution in [3.05, 3.63) is 36.7 Å². The van der Waals surface area contributed by atoms with Gasteiger partial charge >= 0.3 is 0 Å². The second-order valence-electron chi connectivity index (χ2n) is 6.27. The normalized spacial score (nSPS) is 19.1. The summed E-state index contributed by atoms with van der Waals surface area (Å²) in [4.78, 5) is 14.1. The second kappa shape index (κ2) is 6.75. The Balaban J connectivity index is 1.53. The van der Waals surface area contributed by atoms with Gasteiger partial charge in [0.05, 0.1) is 19.3 Å². The number of nitrogens with one attached hydrogen (secondary N) is 1. The number of aromatic nitrogens is 2. The van der Waals surface area contributed by atoms with Gasteiger partial charge < -0.3 is 15.0 Å². The molecule has 0 bridgehead atoms. The first-order chi connectivity index (χ1) is 11.8. The lowest BCUT2D eigenvalue weighted by Crippen LogP contribution is -2.56. The monoisotopic (exact) mass is 325 g/mol. The molecule has 2 saturated heterocycles. The average molecular weight is 325 g/mol. The minimum absolute atomic E-state index is 0.613. The number of hydrogen-bond acceptors (Lipinski definition) is 6. The lowest BCUT2D eigenvalue weighted by atomic mass is 10.1. The van der Waals surface area contributed by atoms with E-state index >= 15 is 0 Å². The summed E-state index contributed by atoms with van der Waals surface area (Å²) in [6, 6.07) is 8.95. The third kappa shape index (κ3) is 2.95. The SMILES string of the molecule is CNc1ccc(-c2nccnc2N2CCN(C3COC3)CC2)cc1. The number of anilines is 2. The molecule has 0 saturated carbocycles. The first-order valence-corrected chi connectivity index (χ1v) is 8.51. The van der Waals surface area contributed by atoms with Gasteiger partial charge in [-0.3, -0.25) is 9.88 Å². The van der Waals surface area contributed by atoms with Crippen LogP contribution in [0.3, 0.4) is 0 Å². The quantitative estimate of drug-likeness (QED) is 0.923. The summed E-state index contributed by atoms with van der Waals surface area (Å²) in [6.07, 6.45) is 3.56. The fourth-order valence-electron chi connectivity index (χ4n) is 3.29. The molecule has 2 fully saturated rings. The van der Waals surface area contributed by atoms with Gasteiger partial charge in [0.15, 0.2) is 5.82 Å². The average Bonchev–Trinajstić information content (AvgIpc) is 2.61. The van der Waals surface area contributed by atoms with Crippen LogP contribution in [0.5, 0.6) is 0 Å². The minimum Gasteiger partial charge on any atom is -0.388 e. The van der Waals surface area contributed by atoms with Crippen LogP contribution in [-0.4, -0.2) is 67.4 Å². The van der Waals surface area contributed by atoms with Crippen LogP contribution in [0.1, 0.15) is 0 Å². The van der Waals surface area contributed by atoms with E-state index in [2.05, 4.69) is 49.4 Å². The van der Waals surface area contributed by atoms with Gasteiger partial charge in [-0.15, -0.1) is 0 Å². The summed E-state index contributed by atoms with van der Waals surface area (Å²) in [6.45, 7) is 5.85. The van der Waals surface area contributed by atoms with Crippen molar-refractivity contribution in [2.45, 2.75) is 6.04 Å². The van der Waals surface area contributed by atoms with E-state index in [-0.39, 0.29) is 0 Å². The van der Waals surface area contributed by atoms with Gasteiger partial charge in [-0.1, -0.05) is 12.1 Å². The van der Waals surface area contributed by atoms with Gasteiger partial charge in [0.1, 0.15) is 5.69 Å². The van der Waals surface area contributed by atoms with E-state index in [4.69, 9.17) is 4.74 Å². The number of benzene rings is 1. The summed E-state index contributed by atoms with van der Waals surface area (Å²) in [5.74, 6) is 0.985. The first-order valence-electron chi connectivity index (χ1n) is 8.51. The van der Waals surface area contributed by atoms with E-state index in [1.807, 2.05) is 7.05 Å². The van der Waals surface area contributed by atoms with Crippen molar-refractivity contribution in [1.29, 1.82) is 0 Å². The Kier molecular flexibility index (Phi) is 4.32. The van der Waals surface area contributed by atoms with Gasteiger partial charge in [0, 0.05) is 56.9 Å². The molecular formula is C18H23N5O. The number of rotatable bonds is 4. The molecular weight excluding hydrogens is 302 g/mol. The van der Waals surface area contributed by atoms with Gasteiger partial charge in [0.25, 0.3) is 0 Å². The number of nitrogens with zero attached hydrogens (tertiary/aromatic N) is 4. The maximum Gasteiger partial charge on any atom is 0.155 e. The van der Waals surface area contributed by atoms with Gasteiger partial charge in [0.2, 0.25) is 0 Å². The predicted octanol–water partition coefficient (Wildman–Crippen LogP) is 1.71. The highest BCUT2D eigenvalue weighted by Crippen LogP contribution is 2.28. The topological polar surface area (TPSA) is 53.5 Å². The molecule has 6 heteroatoms. The van der Waals surface area contributed by atoms with Gasteiger partial charge in [-0.25, -0.2) is 4.98 Å². The zero-order chi connectivity index (χ0) is 16.4. The fraction of sp³-hybridized carbons (Fsp3) is 0.444. The van der Waals surface area contributed by atoms with Crippen LogP contribution in [0.25, 0.3) is 11.3 Å². The zero-order valence-corrected chi connectivity index (χ0v) is 14.0. The largest absolute Gasteiger partial charge is 0.388 e. The summed E-state index contributed by atoms with van der Waals surface area (Å²) < 4.78 is 5.31. The van der Waals surface area contributed by atoms with E-state index in [9.17, 15) is 0 Å². The second-order valence-corrected chi connectivity index (χ2v) is 6.27. The molecule has 0 aliphatic carbocycles. The molecule has 1 aromatic carbocycles. The molecule has 2 aliphatic heterocycles. The van der Waals surface area contributed by atoms with Crippen molar-refractivity contribution in [3.63, 3.8) is 0 Å². The Hall–Kier alpha value is -2.18. The van der Waals surface area contributed by atoms with E-state index in [0.29, 0.717) is 6.04 Å². The molecule has 6 nitrogen and oxygen atoms in total. The lowest BCUT2D eigenvalue weighted by Gasteiger charge is -2.43. The highest BCUT2D eigenvalue weighted by Gasteiger charge is 2.29. The summed E-state index contributed by atoms with van der Waals surface area (Å²) in [7, 11) is 1.93. The zero-order valence-electron chi connectivity index (χ0n) is 14.0. The molecule has 0 radical (unpaired) electrons. The fourth-order valence-corrected chi connectivity index (χ4v) is 3.29. The van der Waals surface area contributed by atoms with Crippen LogP contribution in [0.15, 0.2) is 36.7 Å². The molecule has 4 rings (SSSR count). The maximum absolute atomic E-state index is 5.31. The molecule has 0 spiro atoms. The highest BCUT2D eigenvalue weighted by atomic mass is 16.5. The van der Waals surface area contributed by atoms with Gasteiger partial charge in [-0.05, 0) is 12.1 Å². The summed E-state index contributed by atoms with van der Waals surface area (Å²) >= 11 is 0. The third-order valence-electron chi connectivity index (χ3n) is 4.88. The molecule has 2 aromatic rings. The molecule has 1 aromatic heterocycles. The molecule has 0 amide bonds. The molecule has 24 heavy (non-hydrogen) atoms. The Bertz CT molecular complexity index is 678. The van der Waals surface area contributed by atoms with E-state index in [1.54, 1.807) is 12.4 Å². The number of ether oxygens (including phenoxy) is 1. The predicted molar refractivity (Wildman–Crippen MR) is 95.4 cm³/mol. The Labute approximate surface area is 142 Å². The molecule has 1 N–H and O–H groups in total. The van der Waals surface area contributed by atoms with Crippen LogP contribution in [0, 0.1) is 0 Å². The van der Waals surface area contributed by atoms with E-state index in [1.165, 1.54) is 0 Å². The Morgan fingerprint density at radius 3 is 2.33 bits per heavy atom. The van der Waals surface area contributed by atoms with Gasteiger partial charge in [-0.2, -0.15) is 0 Å². The van der Waals surface area contributed by atoms with Crippen LogP contribution in [-0.2, 0) is 4.74 Å². The van der Waals surface area contributed by atoms with Crippen LogP contribution < -0.4 is 10.2 Å². The highest BCUT2D eigenvalue weighted by molar-refractivity contribution is 5.73. The standard InChI is InChI=1S/C18H23N5O/c1-19-15-4-2-14(3-5-15)17-18(21-7-6-20-17)23-10-8-22(9-11-23)16-12-24-13-16/h2-7,16,19H,8-13H2,1H3. The molecule has 0 atom stereocenters. The van der Waals surface area contributed by atoms with Crippen molar-refractivity contribution in [3.8, 4) is 11.3 Å². The van der Waals surface area contributed by atoms with Crippen LogP contribution >= 0.6 is 0 Å². The minimum atomic E-state index is 0.613. The Morgan fingerprint density at radius 1 is 1.00 bits per heavy atom. The molecule has 3 heterocycles. The number of hydrogen-bond donors (Lipinski definition) is 1. The van der Waals surface area contributed by atoms with Crippen molar-refractivity contribution in [2.24, 2.45) is 0 Å². The Morgan fingerprint density at radius 2 is 1.71 bits per heavy atom. The first kappa shape index (κ1) is 15.4. The van der Waals surface area contributed by atoms with Crippen molar-refractivity contribution in [2.75, 3.05) is 56.7 Å². The van der Waals surface area contributed by atoms with Crippen molar-refractivity contribution in [1.82, 2.24) is 14.9 Å².